The standard InChI is InChI=1S/C12H19BrN4O/c1-3-5-10-16-9(13)7-11(17-10)15-8-12(18)14-6-4-2/h7H,3-6,8H2,1-2H3,(H,14,18)(H,15,16,17). The fraction of sp³-hybridized carbons (Fsp3) is 0.583. The van der Waals surface area contributed by atoms with Gasteiger partial charge in [0.25, 0.3) is 0 Å². The highest BCUT2D eigenvalue weighted by atomic mass is 79.9. The van der Waals surface area contributed by atoms with Gasteiger partial charge in [-0.3, -0.25) is 4.79 Å². The molecule has 1 heterocycles. The van der Waals surface area contributed by atoms with E-state index >= 15 is 0 Å². The molecule has 0 aliphatic heterocycles. The molecule has 18 heavy (non-hydrogen) atoms. The minimum atomic E-state index is -0.0244. The fourth-order valence-electron chi connectivity index (χ4n) is 1.39. The fourth-order valence-corrected chi connectivity index (χ4v) is 1.81. The molecule has 1 aromatic heterocycles. The molecule has 100 valence electrons. The first-order chi connectivity index (χ1) is 8.65. The third-order valence-corrected chi connectivity index (χ3v) is 2.62. The summed E-state index contributed by atoms with van der Waals surface area (Å²) in [4.78, 5) is 20.1. The van der Waals surface area contributed by atoms with Gasteiger partial charge in [-0.1, -0.05) is 13.8 Å². The summed E-state index contributed by atoms with van der Waals surface area (Å²) >= 11 is 3.34. The van der Waals surface area contributed by atoms with E-state index in [1.165, 1.54) is 0 Å². The maximum atomic E-state index is 11.4. The lowest BCUT2D eigenvalue weighted by Gasteiger charge is -2.08. The van der Waals surface area contributed by atoms with E-state index in [1.807, 2.05) is 6.92 Å². The van der Waals surface area contributed by atoms with E-state index in [9.17, 15) is 4.79 Å². The van der Waals surface area contributed by atoms with Crippen LogP contribution in [0, 0.1) is 0 Å². The first kappa shape index (κ1) is 14.9. The molecule has 0 radical (unpaired) electrons. The molecule has 1 rings (SSSR count). The molecule has 0 spiro atoms. The van der Waals surface area contributed by atoms with Gasteiger partial charge in [-0.05, 0) is 28.8 Å². The van der Waals surface area contributed by atoms with Crippen molar-refractivity contribution in [2.75, 3.05) is 18.4 Å². The monoisotopic (exact) mass is 314 g/mol. The van der Waals surface area contributed by atoms with Crippen molar-refractivity contribution in [3.8, 4) is 0 Å². The normalized spacial score (nSPS) is 10.2. The van der Waals surface area contributed by atoms with E-state index in [2.05, 4.69) is 43.5 Å². The van der Waals surface area contributed by atoms with Crippen LogP contribution < -0.4 is 10.6 Å². The zero-order chi connectivity index (χ0) is 13.4. The Labute approximate surface area is 116 Å². The van der Waals surface area contributed by atoms with E-state index in [4.69, 9.17) is 0 Å². The lowest BCUT2D eigenvalue weighted by Crippen LogP contribution is -2.30. The van der Waals surface area contributed by atoms with Crippen molar-refractivity contribution in [2.24, 2.45) is 0 Å². The molecule has 1 aromatic rings. The summed E-state index contributed by atoms with van der Waals surface area (Å²) in [6.45, 7) is 5.03. The molecule has 0 saturated heterocycles. The second kappa shape index (κ2) is 8.02. The summed E-state index contributed by atoms with van der Waals surface area (Å²) in [6.07, 6.45) is 2.76. The molecule has 0 aliphatic carbocycles. The van der Waals surface area contributed by atoms with Crippen molar-refractivity contribution in [1.29, 1.82) is 0 Å². The number of nitrogens with one attached hydrogen (secondary N) is 2. The zero-order valence-electron chi connectivity index (χ0n) is 10.8. The maximum absolute atomic E-state index is 11.4. The molecule has 1 amide bonds. The van der Waals surface area contributed by atoms with E-state index in [-0.39, 0.29) is 12.5 Å². The predicted octanol–water partition coefficient (Wildman–Crippen LogP) is 2.13. The van der Waals surface area contributed by atoms with Crippen molar-refractivity contribution in [2.45, 2.75) is 33.1 Å². The highest BCUT2D eigenvalue weighted by Gasteiger charge is 2.04. The molecule has 2 N–H and O–H groups in total. The van der Waals surface area contributed by atoms with Crippen molar-refractivity contribution in [3.63, 3.8) is 0 Å². The van der Waals surface area contributed by atoms with E-state index in [1.54, 1.807) is 6.07 Å². The second-order valence-corrected chi connectivity index (χ2v) is 4.76. The molecular formula is C12H19BrN4O. The number of hydrogen-bond donors (Lipinski definition) is 2. The number of hydrogen-bond acceptors (Lipinski definition) is 4. The van der Waals surface area contributed by atoms with Crippen molar-refractivity contribution in [1.82, 2.24) is 15.3 Å². The van der Waals surface area contributed by atoms with Crippen molar-refractivity contribution < 1.29 is 4.79 Å². The largest absolute Gasteiger partial charge is 0.361 e. The molecule has 5 nitrogen and oxygen atoms in total. The van der Waals surface area contributed by atoms with Crippen LogP contribution in [0.2, 0.25) is 0 Å². The molecule has 0 fully saturated rings. The summed E-state index contributed by atoms with van der Waals surface area (Å²) in [5.41, 5.74) is 0. The van der Waals surface area contributed by atoms with Crippen LogP contribution in [0.1, 0.15) is 32.5 Å². The number of anilines is 1. The van der Waals surface area contributed by atoms with Crippen LogP contribution in [0.25, 0.3) is 0 Å². The first-order valence-corrected chi connectivity index (χ1v) is 6.99. The number of carbonyl (C=O) groups excluding carboxylic acids is 1. The van der Waals surface area contributed by atoms with Crippen LogP contribution in [-0.4, -0.2) is 29.0 Å². The molecule has 0 saturated carbocycles. The number of aryl methyl sites for hydroxylation is 1. The molecule has 6 heteroatoms. The lowest BCUT2D eigenvalue weighted by atomic mass is 10.3. The Morgan fingerprint density at radius 3 is 2.78 bits per heavy atom. The van der Waals surface area contributed by atoms with Crippen LogP contribution in [0.4, 0.5) is 5.82 Å². The number of halogens is 1. The summed E-state index contributed by atoms with van der Waals surface area (Å²) < 4.78 is 0.734. The Kier molecular flexibility index (Phi) is 6.64. The van der Waals surface area contributed by atoms with E-state index in [0.29, 0.717) is 12.4 Å². The Balaban J connectivity index is 2.53. The first-order valence-electron chi connectivity index (χ1n) is 6.19. The minimum absolute atomic E-state index is 0.0244. The highest BCUT2D eigenvalue weighted by Crippen LogP contribution is 2.12. The third kappa shape index (κ3) is 5.44. The van der Waals surface area contributed by atoms with Gasteiger partial charge in [0.2, 0.25) is 5.91 Å². The molecule has 0 aliphatic rings. The van der Waals surface area contributed by atoms with Crippen LogP contribution in [0.3, 0.4) is 0 Å². The summed E-state index contributed by atoms with van der Waals surface area (Å²) in [7, 11) is 0. The summed E-state index contributed by atoms with van der Waals surface area (Å²) in [5, 5.41) is 5.80. The lowest BCUT2D eigenvalue weighted by molar-refractivity contribution is -0.119. The van der Waals surface area contributed by atoms with Gasteiger partial charge in [-0.2, -0.15) is 0 Å². The number of aromatic nitrogens is 2. The van der Waals surface area contributed by atoms with Crippen LogP contribution in [0.15, 0.2) is 10.7 Å². The van der Waals surface area contributed by atoms with Gasteiger partial charge in [0, 0.05) is 19.0 Å². The van der Waals surface area contributed by atoms with Gasteiger partial charge in [-0.15, -0.1) is 0 Å². The van der Waals surface area contributed by atoms with Crippen molar-refractivity contribution in [3.05, 3.63) is 16.5 Å². The van der Waals surface area contributed by atoms with Gasteiger partial charge < -0.3 is 10.6 Å². The zero-order valence-corrected chi connectivity index (χ0v) is 12.4. The average Bonchev–Trinajstić information content (AvgIpc) is 2.33. The molecular weight excluding hydrogens is 296 g/mol. The van der Waals surface area contributed by atoms with Gasteiger partial charge in [0.1, 0.15) is 16.2 Å². The number of carbonyl (C=O) groups is 1. The predicted molar refractivity (Wildman–Crippen MR) is 75.5 cm³/mol. The van der Waals surface area contributed by atoms with Gasteiger partial charge in [-0.25, -0.2) is 9.97 Å². The summed E-state index contributed by atoms with van der Waals surface area (Å²) in [6, 6.07) is 1.77. The van der Waals surface area contributed by atoms with Crippen LogP contribution >= 0.6 is 15.9 Å². The summed E-state index contributed by atoms with van der Waals surface area (Å²) in [5.74, 6) is 1.43. The van der Waals surface area contributed by atoms with E-state index in [0.717, 1.165) is 29.7 Å². The minimum Gasteiger partial charge on any atom is -0.361 e. The second-order valence-electron chi connectivity index (χ2n) is 3.95. The Hall–Kier alpha value is -1.17. The Morgan fingerprint density at radius 2 is 2.11 bits per heavy atom. The Morgan fingerprint density at radius 1 is 1.33 bits per heavy atom. The van der Waals surface area contributed by atoms with Crippen LogP contribution in [0.5, 0.6) is 0 Å². The van der Waals surface area contributed by atoms with Gasteiger partial charge >= 0.3 is 0 Å². The van der Waals surface area contributed by atoms with Crippen molar-refractivity contribution >= 4 is 27.7 Å². The quantitative estimate of drug-likeness (QED) is 0.757. The number of nitrogens with zero attached hydrogens (tertiary/aromatic N) is 2. The Bertz CT molecular complexity index is 398. The third-order valence-electron chi connectivity index (χ3n) is 2.22. The molecule has 0 unspecified atom stereocenters. The number of amides is 1. The number of rotatable bonds is 7. The maximum Gasteiger partial charge on any atom is 0.239 e. The SMILES string of the molecule is CCCNC(=O)CNc1cc(Br)nc(CCC)n1. The van der Waals surface area contributed by atoms with E-state index < -0.39 is 0 Å². The van der Waals surface area contributed by atoms with Gasteiger partial charge in [0.05, 0.1) is 6.54 Å². The topological polar surface area (TPSA) is 66.9 Å². The smallest absolute Gasteiger partial charge is 0.239 e. The molecule has 0 bridgehead atoms. The highest BCUT2D eigenvalue weighted by molar-refractivity contribution is 9.10. The average molecular weight is 315 g/mol. The van der Waals surface area contributed by atoms with Crippen LogP contribution in [-0.2, 0) is 11.2 Å². The van der Waals surface area contributed by atoms with Gasteiger partial charge in [0.15, 0.2) is 0 Å². The molecule has 0 atom stereocenters. The molecule has 0 aromatic carbocycles.